The third-order valence-electron chi connectivity index (χ3n) is 4.51. The molecule has 30 heavy (non-hydrogen) atoms. The Labute approximate surface area is 180 Å². The van der Waals surface area contributed by atoms with Crippen molar-refractivity contribution in [2.24, 2.45) is 11.7 Å². The Kier molecular flexibility index (Phi) is 6.89. The van der Waals surface area contributed by atoms with Crippen LogP contribution < -0.4 is 11.1 Å². The van der Waals surface area contributed by atoms with Crippen molar-refractivity contribution in [3.05, 3.63) is 71.5 Å². The van der Waals surface area contributed by atoms with Gasteiger partial charge in [-0.05, 0) is 36.1 Å². The van der Waals surface area contributed by atoms with E-state index in [1.165, 1.54) is 11.8 Å². The molecule has 1 atom stereocenters. The highest BCUT2D eigenvalue weighted by Gasteiger charge is 2.28. The number of nitrogens with two attached hydrogens (primary N) is 1. The lowest BCUT2D eigenvalue weighted by atomic mass is 10.1. The number of amides is 3. The molecule has 0 fully saturated rings. The van der Waals surface area contributed by atoms with E-state index in [0.717, 1.165) is 22.6 Å². The van der Waals surface area contributed by atoms with E-state index in [2.05, 4.69) is 21.6 Å². The van der Waals surface area contributed by atoms with Crippen molar-refractivity contribution in [2.45, 2.75) is 37.6 Å². The molecule has 1 aromatic heterocycles. The van der Waals surface area contributed by atoms with Crippen LogP contribution in [0.4, 0.5) is 4.79 Å². The van der Waals surface area contributed by atoms with E-state index in [4.69, 9.17) is 5.73 Å². The fraction of sp³-hybridized carbons (Fsp3) is 0.273. The van der Waals surface area contributed by atoms with Crippen LogP contribution in [0.1, 0.15) is 30.8 Å². The minimum atomic E-state index is -0.865. The second-order valence-electron chi connectivity index (χ2n) is 7.37. The molecule has 2 aromatic carbocycles. The maximum atomic E-state index is 12.5. The summed E-state index contributed by atoms with van der Waals surface area (Å²) < 4.78 is 1.97. The van der Waals surface area contributed by atoms with Crippen molar-refractivity contribution >= 4 is 23.7 Å². The fourth-order valence-corrected chi connectivity index (χ4v) is 4.16. The van der Waals surface area contributed by atoms with E-state index in [0.29, 0.717) is 11.6 Å². The molecule has 1 unspecified atom stereocenters. The van der Waals surface area contributed by atoms with Crippen LogP contribution in [0.15, 0.2) is 59.8 Å². The van der Waals surface area contributed by atoms with Crippen molar-refractivity contribution in [2.75, 3.05) is 0 Å². The number of hydrogen-bond donors (Lipinski definition) is 2. The van der Waals surface area contributed by atoms with Crippen molar-refractivity contribution in [1.82, 2.24) is 20.1 Å². The summed E-state index contributed by atoms with van der Waals surface area (Å²) in [5.41, 5.74) is 8.28. The van der Waals surface area contributed by atoms with Crippen LogP contribution in [0, 0.1) is 12.8 Å². The number of carbonyl (C=O) groups excluding carboxylic acids is 2. The van der Waals surface area contributed by atoms with E-state index in [9.17, 15) is 9.59 Å². The summed E-state index contributed by atoms with van der Waals surface area (Å²) in [6.45, 7) is 5.85. The zero-order valence-electron chi connectivity index (χ0n) is 17.2. The molecule has 156 valence electrons. The molecule has 8 heteroatoms. The van der Waals surface area contributed by atoms with E-state index >= 15 is 0 Å². The Balaban J connectivity index is 2.01. The van der Waals surface area contributed by atoms with Crippen LogP contribution >= 0.6 is 11.8 Å². The first-order chi connectivity index (χ1) is 14.3. The summed E-state index contributed by atoms with van der Waals surface area (Å²) in [4.78, 5) is 23.7. The SMILES string of the molecule is Cc1cccc(-n2c(Cc3ccccc3)nnc2SC(C(=O)NC(N)=O)C(C)C)c1. The van der Waals surface area contributed by atoms with E-state index < -0.39 is 17.2 Å². The van der Waals surface area contributed by atoms with E-state index in [-0.39, 0.29) is 5.92 Å². The largest absolute Gasteiger partial charge is 0.351 e. The van der Waals surface area contributed by atoms with Crippen molar-refractivity contribution in [3.8, 4) is 5.69 Å². The highest BCUT2D eigenvalue weighted by molar-refractivity contribution is 8.00. The maximum Gasteiger partial charge on any atom is 0.318 e. The number of aromatic nitrogens is 3. The Morgan fingerprint density at radius 2 is 1.83 bits per heavy atom. The number of nitrogens with zero attached hydrogens (tertiary/aromatic N) is 3. The number of benzene rings is 2. The van der Waals surface area contributed by atoms with Gasteiger partial charge in [-0.3, -0.25) is 14.7 Å². The third-order valence-corrected chi connectivity index (χ3v) is 6.00. The first-order valence-corrected chi connectivity index (χ1v) is 10.6. The van der Waals surface area contributed by atoms with Gasteiger partial charge in [-0.2, -0.15) is 0 Å². The number of thioether (sulfide) groups is 1. The van der Waals surface area contributed by atoms with Gasteiger partial charge in [-0.15, -0.1) is 10.2 Å². The molecule has 0 aliphatic carbocycles. The molecule has 0 saturated heterocycles. The minimum Gasteiger partial charge on any atom is -0.351 e. The van der Waals surface area contributed by atoms with Crippen molar-refractivity contribution < 1.29 is 9.59 Å². The number of nitrogens with one attached hydrogen (secondary N) is 1. The standard InChI is InChI=1S/C22H25N5O2S/c1-14(2)19(20(28)24-21(23)29)30-22-26-25-18(13-16-9-5-4-6-10-16)27(22)17-11-7-8-15(3)12-17/h4-12,14,19H,13H2,1-3H3,(H3,23,24,28,29). The summed E-state index contributed by atoms with van der Waals surface area (Å²) in [5, 5.41) is 11.0. The quantitative estimate of drug-likeness (QED) is 0.566. The molecule has 0 aliphatic rings. The minimum absolute atomic E-state index is 0.0467. The number of rotatable bonds is 7. The lowest BCUT2D eigenvalue weighted by molar-refractivity contribution is -0.120. The van der Waals surface area contributed by atoms with Gasteiger partial charge in [-0.1, -0.05) is 68.1 Å². The number of carbonyl (C=O) groups is 2. The fourth-order valence-electron chi connectivity index (χ4n) is 3.09. The number of primary amides is 1. The Morgan fingerprint density at radius 1 is 1.10 bits per heavy atom. The summed E-state index contributed by atoms with van der Waals surface area (Å²) in [5.74, 6) is 0.285. The zero-order chi connectivity index (χ0) is 21.7. The first kappa shape index (κ1) is 21.6. The normalized spacial score (nSPS) is 12.0. The van der Waals surface area contributed by atoms with E-state index in [1.54, 1.807) is 0 Å². The van der Waals surface area contributed by atoms with E-state index in [1.807, 2.05) is 73.9 Å². The second kappa shape index (κ2) is 9.58. The molecule has 0 bridgehead atoms. The third kappa shape index (κ3) is 5.27. The second-order valence-corrected chi connectivity index (χ2v) is 8.48. The van der Waals surface area contributed by atoms with Crippen LogP contribution in [0.3, 0.4) is 0 Å². The van der Waals surface area contributed by atoms with Crippen molar-refractivity contribution in [1.29, 1.82) is 0 Å². The Morgan fingerprint density at radius 3 is 2.47 bits per heavy atom. The Bertz CT molecular complexity index is 1030. The van der Waals surface area contributed by atoms with Crippen LogP contribution in [0.2, 0.25) is 0 Å². The van der Waals surface area contributed by atoms with Crippen LogP contribution in [-0.2, 0) is 11.2 Å². The van der Waals surface area contributed by atoms with Gasteiger partial charge in [0.1, 0.15) is 5.82 Å². The van der Waals surface area contributed by atoms with Crippen LogP contribution in [0.25, 0.3) is 5.69 Å². The molecular formula is C22H25N5O2S. The maximum absolute atomic E-state index is 12.5. The Hall–Kier alpha value is -3.13. The summed E-state index contributed by atoms with van der Waals surface area (Å²) >= 11 is 1.28. The molecule has 0 radical (unpaired) electrons. The lowest BCUT2D eigenvalue weighted by Crippen LogP contribution is -2.42. The highest BCUT2D eigenvalue weighted by atomic mass is 32.2. The number of hydrogen-bond acceptors (Lipinski definition) is 5. The average Bonchev–Trinajstić information content (AvgIpc) is 3.08. The predicted octanol–water partition coefficient (Wildman–Crippen LogP) is 3.48. The van der Waals surface area contributed by atoms with Gasteiger partial charge in [0, 0.05) is 12.1 Å². The van der Waals surface area contributed by atoms with Gasteiger partial charge in [0.15, 0.2) is 5.16 Å². The van der Waals surface area contributed by atoms with Gasteiger partial charge in [-0.25, -0.2) is 4.79 Å². The summed E-state index contributed by atoms with van der Waals surface area (Å²) in [6, 6.07) is 17.2. The van der Waals surface area contributed by atoms with Gasteiger partial charge < -0.3 is 5.73 Å². The molecule has 3 aromatic rings. The van der Waals surface area contributed by atoms with Crippen LogP contribution in [-0.4, -0.2) is 32.0 Å². The summed E-state index contributed by atoms with van der Waals surface area (Å²) in [6.07, 6.45) is 0.599. The topological polar surface area (TPSA) is 103 Å². The van der Waals surface area contributed by atoms with Gasteiger partial charge in [0.05, 0.1) is 5.25 Å². The van der Waals surface area contributed by atoms with Gasteiger partial charge in [0.2, 0.25) is 5.91 Å². The molecule has 1 heterocycles. The molecule has 3 N–H and O–H groups in total. The van der Waals surface area contributed by atoms with Gasteiger partial charge in [0.25, 0.3) is 0 Å². The molecule has 3 amide bonds. The number of aryl methyl sites for hydroxylation is 1. The van der Waals surface area contributed by atoms with Gasteiger partial charge >= 0.3 is 6.03 Å². The molecular weight excluding hydrogens is 398 g/mol. The molecule has 3 rings (SSSR count). The highest BCUT2D eigenvalue weighted by Crippen LogP contribution is 2.30. The number of urea groups is 1. The molecule has 0 aliphatic heterocycles. The van der Waals surface area contributed by atoms with Crippen molar-refractivity contribution in [3.63, 3.8) is 0 Å². The smallest absolute Gasteiger partial charge is 0.318 e. The monoisotopic (exact) mass is 423 g/mol. The molecule has 0 spiro atoms. The zero-order valence-corrected chi connectivity index (χ0v) is 18.0. The lowest BCUT2D eigenvalue weighted by Gasteiger charge is -2.19. The predicted molar refractivity (Wildman–Crippen MR) is 118 cm³/mol. The van der Waals surface area contributed by atoms with Crippen LogP contribution in [0.5, 0.6) is 0 Å². The number of imide groups is 1. The summed E-state index contributed by atoms with van der Waals surface area (Å²) in [7, 11) is 0. The molecule has 7 nitrogen and oxygen atoms in total. The first-order valence-electron chi connectivity index (χ1n) is 9.67. The molecule has 0 saturated carbocycles. The average molecular weight is 424 g/mol.